The number of carbonyl (C=O) groups excluding carboxylic acids is 1. The van der Waals surface area contributed by atoms with Crippen LogP contribution >= 0.6 is 0 Å². The fraction of sp³-hybridized carbons (Fsp3) is 0.667. The predicted octanol–water partition coefficient (Wildman–Crippen LogP) is 1.86. The molecule has 16 heavy (non-hydrogen) atoms. The third-order valence-electron chi connectivity index (χ3n) is 2.72. The maximum absolute atomic E-state index is 11.2. The molecule has 0 aromatic rings. The van der Waals surface area contributed by atoms with Gasteiger partial charge in [-0.3, -0.25) is 9.59 Å². The van der Waals surface area contributed by atoms with E-state index in [-0.39, 0.29) is 18.7 Å². The second-order valence-corrected chi connectivity index (χ2v) is 4.10. The number of carbonyl (C=O) groups is 2. The first kappa shape index (κ1) is 12.7. The van der Waals surface area contributed by atoms with E-state index in [1.807, 2.05) is 0 Å². The number of rotatable bonds is 6. The Morgan fingerprint density at radius 1 is 1.31 bits per heavy atom. The van der Waals surface area contributed by atoms with Crippen LogP contribution in [-0.4, -0.2) is 23.5 Å². The van der Waals surface area contributed by atoms with Crippen molar-refractivity contribution in [2.45, 2.75) is 44.9 Å². The number of hydrogen-bond donors (Lipinski definition) is 2. The van der Waals surface area contributed by atoms with Gasteiger partial charge in [0.25, 0.3) is 0 Å². The summed E-state index contributed by atoms with van der Waals surface area (Å²) < 4.78 is 0. The lowest BCUT2D eigenvalue weighted by Gasteiger charge is -2.12. The molecule has 1 amide bonds. The summed E-state index contributed by atoms with van der Waals surface area (Å²) in [5, 5.41) is 11.1. The van der Waals surface area contributed by atoms with Crippen LogP contribution in [0.5, 0.6) is 0 Å². The molecule has 0 bridgehead atoms. The first-order valence-corrected chi connectivity index (χ1v) is 5.85. The lowest BCUT2D eigenvalue weighted by molar-refractivity contribution is -0.138. The molecule has 90 valence electrons. The number of nitrogens with one attached hydrogen (secondary N) is 1. The second kappa shape index (κ2) is 7.04. The molecule has 0 aliphatic heterocycles. The molecule has 1 rings (SSSR count). The molecule has 0 saturated heterocycles. The van der Waals surface area contributed by atoms with Gasteiger partial charge in [0.05, 0.1) is 6.42 Å². The van der Waals surface area contributed by atoms with Crippen LogP contribution in [0.4, 0.5) is 0 Å². The molecule has 0 aromatic carbocycles. The average molecular weight is 225 g/mol. The van der Waals surface area contributed by atoms with Crippen molar-refractivity contribution in [3.8, 4) is 0 Å². The Morgan fingerprint density at radius 3 is 2.75 bits per heavy atom. The van der Waals surface area contributed by atoms with E-state index in [4.69, 9.17) is 5.11 Å². The van der Waals surface area contributed by atoms with Gasteiger partial charge in [-0.05, 0) is 32.1 Å². The Hall–Kier alpha value is -1.32. The highest BCUT2D eigenvalue weighted by atomic mass is 16.4. The Kier molecular flexibility index (Phi) is 5.61. The molecule has 0 spiro atoms. The molecule has 2 N–H and O–H groups in total. The van der Waals surface area contributed by atoms with Crippen molar-refractivity contribution in [2.24, 2.45) is 0 Å². The zero-order valence-electron chi connectivity index (χ0n) is 9.50. The highest BCUT2D eigenvalue weighted by Crippen LogP contribution is 2.19. The molecular formula is C12H19NO3. The van der Waals surface area contributed by atoms with Crippen molar-refractivity contribution < 1.29 is 14.7 Å². The Bertz CT molecular complexity index is 284. The van der Waals surface area contributed by atoms with Crippen molar-refractivity contribution in [1.29, 1.82) is 0 Å². The zero-order chi connectivity index (χ0) is 11.8. The van der Waals surface area contributed by atoms with E-state index in [2.05, 4.69) is 11.4 Å². The fourth-order valence-corrected chi connectivity index (χ4v) is 1.80. The topological polar surface area (TPSA) is 66.4 Å². The standard InChI is InChI=1S/C12H19NO3/c14-11(6-7-12(15)16)13-9-8-10-4-2-1-3-5-10/h4H,1-3,5-9H2,(H,13,14)(H,15,16). The van der Waals surface area contributed by atoms with Gasteiger partial charge in [-0.15, -0.1) is 0 Å². The van der Waals surface area contributed by atoms with Gasteiger partial charge in [0.15, 0.2) is 0 Å². The van der Waals surface area contributed by atoms with Gasteiger partial charge in [0.1, 0.15) is 0 Å². The third-order valence-corrected chi connectivity index (χ3v) is 2.72. The summed E-state index contributed by atoms with van der Waals surface area (Å²) in [6.45, 7) is 0.629. The normalized spacial score (nSPS) is 15.4. The van der Waals surface area contributed by atoms with Crippen molar-refractivity contribution >= 4 is 11.9 Å². The lowest BCUT2D eigenvalue weighted by Crippen LogP contribution is -2.25. The first-order chi connectivity index (χ1) is 7.68. The van der Waals surface area contributed by atoms with Crippen molar-refractivity contribution in [3.05, 3.63) is 11.6 Å². The molecule has 0 atom stereocenters. The molecule has 0 radical (unpaired) electrons. The summed E-state index contributed by atoms with van der Waals surface area (Å²) in [6, 6.07) is 0. The minimum Gasteiger partial charge on any atom is -0.481 e. The Balaban J connectivity index is 2.08. The number of carboxylic acid groups (broad SMARTS) is 1. The molecule has 0 heterocycles. The van der Waals surface area contributed by atoms with Gasteiger partial charge < -0.3 is 10.4 Å². The van der Waals surface area contributed by atoms with Gasteiger partial charge in [0.2, 0.25) is 5.91 Å². The zero-order valence-corrected chi connectivity index (χ0v) is 9.50. The molecule has 0 saturated carbocycles. The smallest absolute Gasteiger partial charge is 0.303 e. The van der Waals surface area contributed by atoms with Crippen LogP contribution < -0.4 is 5.32 Å². The fourth-order valence-electron chi connectivity index (χ4n) is 1.80. The van der Waals surface area contributed by atoms with Crippen molar-refractivity contribution in [1.82, 2.24) is 5.32 Å². The predicted molar refractivity (Wildman–Crippen MR) is 61.0 cm³/mol. The molecular weight excluding hydrogens is 206 g/mol. The number of carboxylic acids is 1. The summed E-state index contributed by atoms with van der Waals surface area (Å²) in [5.41, 5.74) is 1.42. The van der Waals surface area contributed by atoms with Crippen LogP contribution in [-0.2, 0) is 9.59 Å². The minimum absolute atomic E-state index is 0.0778. The Morgan fingerprint density at radius 2 is 2.12 bits per heavy atom. The number of aliphatic carboxylic acids is 1. The van der Waals surface area contributed by atoms with Crippen LogP contribution in [0.1, 0.15) is 44.9 Å². The SMILES string of the molecule is O=C(O)CCC(=O)NCCC1=CCCCC1. The highest BCUT2D eigenvalue weighted by molar-refractivity contribution is 5.80. The van der Waals surface area contributed by atoms with E-state index in [0.717, 1.165) is 19.3 Å². The maximum atomic E-state index is 11.2. The van der Waals surface area contributed by atoms with Crippen molar-refractivity contribution in [2.75, 3.05) is 6.54 Å². The minimum atomic E-state index is -0.926. The van der Waals surface area contributed by atoms with E-state index in [9.17, 15) is 9.59 Å². The second-order valence-electron chi connectivity index (χ2n) is 4.10. The van der Waals surface area contributed by atoms with E-state index in [0.29, 0.717) is 6.54 Å². The van der Waals surface area contributed by atoms with Gasteiger partial charge in [-0.25, -0.2) is 0 Å². The van der Waals surface area contributed by atoms with E-state index >= 15 is 0 Å². The molecule has 0 unspecified atom stereocenters. The van der Waals surface area contributed by atoms with Crippen LogP contribution in [0.15, 0.2) is 11.6 Å². The maximum Gasteiger partial charge on any atom is 0.303 e. The molecule has 1 aliphatic carbocycles. The number of allylic oxidation sites excluding steroid dienone is 1. The Labute approximate surface area is 95.7 Å². The number of hydrogen-bond acceptors (Lipinski definition) is 2. The monoisotopic (exact) mass is 225 g/mol. The largest absolute Gasteiger partial charge is 0.481 e. The third kappa shape index (κ3) is 5.53. The van der Waals surface area contributed by atoms with E-state index in [1.165, 1.54) is 18.4 Å². The molecule has 4 nitrogen and oxygen atoms in total. The summed E-state index contributed by atoms with van der Waals surface area (Å²) >= 11 is 0. The van der Waals surface area contributed by atoms with Crippen LogP contribution in [0, 0.1) is 0 Å². The van der Waals surface area contributed by atoms with Gasteiger partial charge in [-0.2, -0.15) is 0 Å². The molecule has 0 fully saturated rings. The quantitative estimate of drug-likeness (QED) is 0.678. The summed E-state index contributed by atoms with van der Waals surface area (Å²) in [6.07, 6.45) is 7.97. The van der Waals surface area contributed by atoms with Gasteiger partial charge in [0, 0.05) is 13.0 Å². The van der Waals surface area contributed by atoms with Crippen LogP contribution in [0.2, 0.25) is 0 Å². The summed E-state index contributed by atoms with van der Waals surface area (Å²) in [5.74, 6) is -1.09. The van der Waals surface area contributed by atoms with E-state index < -0.39 is 5.97 Å². The molecule has 1 aliphatic rings. The van der Waals surface area contributed by atoms with Crippen LogP contribution in [0.3, 0.4) is 0 Å². The first-order valence-electron chi connectivity index (χ1n) is 5.85. The van der Waals surface area contributed by atoms with E-state index in [1.54, 1.807) is 0 Å². The molecule has 0 aromatic heterocycles. The number of amides is 1. The lowest BCUT2D eigenvalue weighted by atomic mass is 9.97. The highest BCUT2D eigenvalue weighted by Gasteiger charge is 2.06. The average Bonchev–Trinajstić information content (AvgIpc) is 2.28. The van der Waals surface area contributed by atoms with Gasteiger partial charge >= 0.3 is 5.97 Å². The van der Waals surface area contributed by atoms with Crippen molar-refractivity contribution in [3.63, 3.8) is 0 Å². The molecule has 4 heteroatoms. The van der Waals surface area contributed by atoms with Gasteiger partial charge in [-0.1, -0.05) is 11.6 Å². The van der Waals surface area contributed by atoms with Crippen LogP contribution in [0.25, 0.3) is 0 Å². The summed E-state index contributed by atoms with van der Waals surface area (Å²) in [7, 11) is 0. The summed E-state index contributed by atoms with van der Waals surface area (Å²) in [4.78, 5) is 21.4.